The van der Waals surface area contributed by atoms with E-state index >= 15 is 0 Å². The van der Waals surface area contributed by atoms with Gasteiger partial charge in [-0.25, -0.2) is 0 Å². The number of hydrogen-bond acceptors (Lipinski definition) is 4. The summed E-state index contributed by atoms with van der Waals surface area (Å²) < 4.78 is 6.52. The summed E-state index contributed by atoms with van der Waals surface area (Å²) in [4.78, 5) is 36.9. The molecule has 3 N–H and O–H groups in total. The molecule has 8 heteroatoms. The summed E-state index contributed by atoms with van der Waals surface area (Å²) in [7, 11) is 0. The van der Waals surface area contributed by atoms with Crippen molar-refractivity contribution in [1.29, 1.82) is 0 Å². The van der Waals surface area contributed by atoms with Crippen molar-refractivity contribution in [2.75, 3.05) is 11.9 Å². The molecule has 0 aliphatic heterocycles. The van der Waals surface area contributed by atoms with E-state index in [9.17, 15) is 14.4 Å². The Labute approximate surface area is 196 Å². The zero-order valence-electron chi connectivity index (χ0n) is 18.1. The van der Waals surface area contributed by atoms with Crippen LogP contribution in [-0.4, -0.2) is 24.3 Å². The predicted octanol–water partition coefficient (Wildman–Crippen LogP) is 4.83. The predicted molar refractivity (Wildman–Crippen MR) is 127 cm³/mol. The van der Waals surface area contributed by atoms with Crippen LogP contribution in [0.5, 0.6) is 5.75 Å². The first-order chi connectivity index (χ1) is 15.5. The molecule has 1 aliphatic rings. The molecule has 0 saturated heterocycles. The van der Waals surface area contributed by atoms with E-state index in [1.165, 1.54) is 0 Å². The van der Waals surface area contributed by atoms with Crippen LogP contribution < -0.4 is 20.9 Å². The number of carbonyl (C=O) groups is 3. The van der Waals surface area contributed by atoms with Crippen LogP contribution >= 0.6 is 15.9 Å². The molecule has 0 radical (unpaired) electrons. The van der Waals surface area contributed by atoms with Gasteiger partial charge in [0.25, 0.3) is 11.8 Å². The van der Waals surface area contributed by atoms with Crippen LogP contribution in [0.2, 0.25) is 0 Å². The Hall–Kier alpha value is -2.87. The van der Waals surface area contributed by atoms with Crippen LogP contribution in [0.25, 0.3) is 0 Å². The fourth-order valence-electron chi connectivity index (χ4n) is 3.06. The molecule has 0 spiro atoms. The maximum Gasteiger partial charge on any atom is 0.273 e. The third kappa shape index (κ3) is 7.09. The Bertz CT molecular complexity index is 958. The molecule has 0 unspecified atom stereocenters. The molecule has 3 amide bonds. The Kier molecular flexibility index (Phi) is 8.67. The number of halogens is 1. The van der Waals surface area contributed by atoms with Gasteiger partial charge in [-0.1, -0.05) is 42.1 Å². The molecule has 2 aromatic carbocycles. The van der Waals surface area contributed by atoms with E-state index < -0.39 is 11.8 Å². The molecular formula is C24H28BrN3O4. The minimum Gasteiger partial charge on any atom is -0.493 e. The van der Waals surface area contributed by atoms with Crippen molar-refractivity contribution in [2.45, 2.75) is 45.4 Å². The quantitative estimate of drug-likeness (QED) is 0.320. The average Bonchev–Trinajstić information content (AvgIpc) is 3.64. The minimum absolute atomic E-state index is 0.00636. The van der Waals surface area contributed by atoms with Crippen molar-refractivity contribution in [3.63, 3.8) is 0 Å². The van der Waals surface area contributed by atoms with Crippen LogP contribution in [0.1, 0.15) is 66.2 Å². The molecule has 3 rings (SSSR count). The Morgan fingerprint density at radius 3 is 2.38 bits per heavy atom. The number of hydrogen-bond donors (Lipinski definition) is 3. The smallest absolute Gasteiger partial charge is 0.273 e. The monoisotopic (exact) mass is 501 g/mol. The second-order valence-electron chi connectivity index (χ2n) is 7.80. The fourth-order valence-corrected chi connectivity index (χ4v) is 3.43. The summed E-state index contributed by atoms with van der Waals surface area (Å²) in [5.41, 5.74) is 6.18. The maximum absolute atomic E-state index is 12.7. The SMILES string of the molecule is CCCCCCOc1ccc(Br)cc1C(=O)NNC(=O)c1ccc(NC(=O)C2CC2)cc1. The molecule has 0 heterocycles. The molecule has 0 aromatic heterocycles. The van der Waals surface area contributed by atoms with Crippen molar-refractivity contribution < 1.29 is 19.1 Å². The first-order valence-corrected chi connectivity index (χ1v) is 11.7. The lowest BCUT2D eigenvalue weighted by Gasteiger charge is -2.13. The van der Waals surface area contributed by atoms with E-state index in [2.05, 4.69) is 39.0 Å². The van der Waals surface area contributed by atoms with Crippen LogP contribution in [0.4, 0.5) is 5.69 Å². The maximum atomic E-state index is 12.7. The molecule has 7 nitrogen and oxygen atoms in total. The van der Waals surface area contributed by atoms with Crippen molar-refractivity contribution in [2.24, 2.45) is 5.92 Å². The number of unbranched alkanes of at least 4 members (excludes halogenated alkanes) is 3. The van der Waals surface area contributed by atoms with Crippen molar-refractivity contribution in [3.05, 3.63) is 58.1 Å². The third-order valence-corrected chi connectivity index (χ3v) is 5.59. The molecule has 1 aliphatic carbocycles. The first-order valence-electron chi connectivity index (χ1n) is 10.9. The highest BCUT2D eigenvalue weighted by atomic mass is 79.9. The average molecular weight is 502 g/mol. The van der Waals surface area contributed by atoms with Gasteiger partial charge in [0.15, 0.2) is 0 Å². The lowest BCUT2D eigenvalue weighted by atomic mass is 10.2. The standard InChI is InChI=1S/C24H28BrN3O4/c1-2-3-4-5-14-32-21-13-10-18(25)15-20(21)24(31)28-27-23(30)17-8-11-19(12-9-17)26-22(29)16-6-7-16/h8-13,15-16H,2-7,14H2,1H3,(H,26,29)(H,27,30)(H,28,31). The molecule has 170 valence electrons. The summed E-state index contributed by atoms with van der Waals surface area (Å²) in [5.74, 6) is -0.359. The summed E-state index contributed by atoms with van der Waals surface area (Å²) in [6, 6.07) is 11.7. The minimum atomic E-state index is -0.475. The summed E-state index contributed by atoms with van der Waals surface area (Å²) >= 11 is 3.37. The fraction of sp³-hybridized carbons (Fsp3) is 0.375. The molecule has 32 heavy (non-hydrogen) atoms. The highest BCUT2D eigenvalue weighted by molar-refractivity contribution is 9.10. The Morgan fingerprint density at radius 2 is 1.69 bits per heavy atom. The van der Waals surface area contributed by atoms with E-state index in [-0.39, 0.29) is 11.8 Å². The number of benzene rings is 2. The van der Waals surface area contributed by atoms with Crippen molar-refractivity contribution >= 4 is 39.3 Å². The van der Waals surface area contributed by atoms with Gasteiger partial charge in [-0.05, 0) is 61.7 Å². The number of nitrogens with one attached hydrogen (secondary N) is 3. The van der Waals surface area contributed by atoms with Crippen LogP contribution in [0.15, 0.2) is 46.9 Å². The van der Waals surface area contributed by atoms with Gasteiger partial charge in [0.2, 0.25) is 5.91 Å². The summed E-state index contributed by atoms with van der Waals surface area (Å²) in [5, 5.41) is 2.82. The number of carbonyl (C=O) groups excluding carboxylic acids is 3. The number of amides is 3. The van der Waals surface area contributed by atoms with Crippen molar-refractivity contribution in [3.8, 4) is 5.75 Å². The topological polar surface area (TPSA) is 96.5 Å². The van der Waals surface area contributed by atoms with Gasteiger partial charge in [-0.2, -0.15) is 0 Å². The molecule has 0 atom stereocenters. The van der Waals surface area contributed by atoms with Crippen LogP contribution in [0, 0.1) is 5.92 Å². The van der Waals surface area contributed by atoms with Crippen molar-refractivity contribution in [1.82, 2.24) is 10.9 Å². The van der Waals surface area contributed by atoms with Gasteiger partial charge >= 0.3 is 0 Å². The second-order valence-corrected chi connectivity index (χ2v) is 8.71. The molecule has 2 aromatic rings. The first kappa shape index (κ1) is 23.8. The van der Waals surface area contributed by atoms with Gasteiger partial charge in [0.05, 0.1) is 12.2 Å². The van der Waals surface area contributed by atoms with E-state index in [0.29, 0.717) is 29.2 Å². The van der Waals surface area contributed by atoms with E-state index in [0.717, 1.165) is 43.0 Å². The van der Waals surface area contributed by atoms with E-state index in [4.69, 9.17) is 4.74 Å². The van der Waals surface area contributed by atoms with Gasteiger partial charge in [0.1, 0.15) is 5.75 Å². The van der Waals surface area contributed by atoms with Gasteiger partial charge in [-0.3, -0.25) is 25.2 Å². The highest BCUT2D eigenvalue weighted by Gasteiger charge is 2.29. The number of ether oxygens (including phenoxy) is 1. The van der Waals surface area contributed by atoms with Gasteiger partial charge in [-0.15, -0.1) is 0 Å². The molecule has 1 saturated carbocycles. The number of hydrazine groups is 1. The van der Waals surface area contributed by atoms with Gasteiger partial charge in [0, 0.05) is 21.6 Å². The third-order valence-electron chi connectivity index (χ3n) is 5.09. The second kappa shape index (κ2) is 11.7. The molecular weight excluding hydrogens is 474 g/mol. The lowest BCUT2D eigenvalue weighted by Crippen LogP contribution is -2.41. The summed E-state index contributed by atoms with van der Waals surface area (Å²) in [6.07, 6.45) is 6.14. The normalized spacial score (nSPS) is 12.7. The molecule has 1 fully saturated rings. The van der Waals surface area contributed by atoms with Gasteiger partial charge < -0.3 is 10.1 Å². The summed E-state index contributed by atoms with van der Waals surface area (Å²) in [6.45, 7) is 2.67. The van der Waals surface area contributed by atoms with E-state index in [1.807, 2.05) is 0 Å². The zero-order chi connectivity index (χ0) is 22.9. The van der Waals surface area contributed by atoms with Crippen LogP contribution in [0.3, 0.4) is 0 Å². The molecule has 0 bridgehead atoms. The number of rotatable bonds is 10. The van der Waals surface area contributed by atoms with Crippen LogP contribution in [-0.2, 0) is 4.79 Å². The van der Waals surface area contributed by atoms with E-state index in [1.54, 1.807) is 42.5 Å². The lowest BCUT2D eigenvalue weighted by molar-refractivity contribution is -0.117. The Morgan fingerprint density at radius 1 is 0.969 bits per heavy atom. The largest absolute Gasteiger partial charge is 0.493 e. The number of anilines is 1. The zero-order valence-corrected chi connectivity index (χ0v) is 19.7. The highest BCUT2D eigenvalue weighted by Crippen LogP contribution is 2.30. The Balaban J connectivity index is 1.53.